The number of ether oxygens (including phenoxy) is 1. The fourth-order valence-corrected chi connectivity index (χ4v) is 2.53. The summed E-state index contributed by atoms with van der Waals surface area (Å²) in [6, 6.07) is 11.5. The molecule has 0 bridgehead atoms. The van der Waals surface area contributed by atoms with E-state index in [2.05, 4.69) is 15.5 Å². The van der Waals surface area contributed by atoms with Crippen LogP contribution in [-0.4, -0.2) is 27.4 Å². The molecule has 2 aromatic carbocycles. The highest BCUT2D eigenvalue weighted by Crippen LogP contribution is 2.24. The van der Waals surface area contributed by atoms with Gasteiger partial charge in [0.05, 0.1) is 17.8 Å². The minimum Gasteiger partial charge on any atom is -0.457 e. The molecule has 0 atom stereocenters. The zero-order chi connectivity index (χ0) is 20.1. The summed E-state index contributed by atoms with van der Waals surface area (Å²) in [4.78, 5) is 13.9. The fraction of sp³-hybridized carbons (Fsp3) is 0.250. The first-order valence-corrected chi connectivity index (χ1v) is 8.96. The Kier molecular flexibility index (Phi) is 6.00. The first kappa shape index (κ1) is 19.5. The summed E-state index contributed by atoms with van der Waals surface area (Å²) in [5, 5.41) is 10.7. The first-order chi connectivity index (χ1) is 13.5. The lowest BCUT2D eigenvalue weighted by Gasteiger charge is -2.09. The van der Waals surface area contributed by atoms with E-state index in [1.165, 1.54) is 29.2 Å². The van der Waals surface area contributed by atoms with Crippen molar-refractivity contribution in [2.45, 2.75) is 26.3 Å². The van der Waals surface area contributed by atoms with E-state index in [0.29, 0.717) is 18.0 Å². The maximum Gasteiger partial charge on any atom is 0.260 e. The number of rotatable bonds is 7. The molecule has 1 heterocycles. The van der Waals surface area contributed by atoms with Gasteiger partial charge in [-0.05, 0) is 62.7 Å². The van der Waals surface area contributed by atoms with Crippen LogP contribution >= 0.6 is 0 Å². The number of carbonyl (C=O) groups is 1. The lowest BCUT2D eigenvalue weighted by Crippen LogP contribution is -2.15. The van der Waals surface area contributed by atoms with Crippen molar-refractivity contribution in [1.29, 1.82) is 0 Å². The van der Waals surface area contributed by atoms with Gasteiger partial charge in [0, 0.05) is 0 Å². The maximum atomic E-state index is 14.2. The van der Waals surface area contributed by atoms with Crippen molar-refractivity contribution < 1.29 is 13.9 Å². The third-order valence-corrected chi connectivity index (χ3v) is 3.99. The molecule has 8 heteroatoms. The molecular formula is C20H22FN5O2. The molecule has 0 saturated carbocycles. The van der Waals surface area contributed by atoms with E-state index < -0.39 is 11.7 Å². The minimum atomic E-state index is -0.653. The normalized spacial score (nSPS) is 10.9. The van der Waals surface area contributed by atoms with Crippen molar-refractivity contribution in [2.75, 3.05) is 11.9 Å². The van der Waals surface area contributed by atoms with Crippen LogP contribution in [0.25, 0.3) is 0 Å². The van der Waals surface area contributed by atoms with Gasteiger partial charge in [-0.15, -0.1) is 5.10 Å². The van der Waals surface area contributed by atoms with Gasteiger partial charge < -0.3 is 15.8 Å². The zero-order valence-electron chi connectivity index (χ0n) is 15.7. The number of hydrogen-bond donors (Lipinski definition) is 2. The Hall–Kier alpha value is -3.26. The van der Waals surface area contributed by atoms with E-state index in [1.807, 2.05) is 26.0 Å². The predicted octanol–water partition coefficient (Wildman–Crippen LogP) is 3.54. The van der Waals surface area contributed by atoms with Gasteiger partial charge in [-0.3, -0.25) is 4.79 Å². The Balaban J connectivity index is 1.73. The summed E-state index contributed by atoms with van der Waals surface area (Å²) in [5.74, 6) is -0.0982. The number of halogens is 1. The van der Waals surface area contributed by atoms with E-state index in [4.69, 9.17) is 10.5 Å². The first-order valence-electron chi connectivity index (χ1n) is 8.96. The molecular weight excluding hydrogens is 361 g/mol. The van der Waals surface area contributed by atoms with Gasteiger partial charge in [0.1, 0.15) is 17.3 Å². The van der Waals surface area contributed by atoms with E-state index in [0.717, 1.165) is 12.0 Å². The SMILES string of the molecule is CC(C)n1ncc(NC(=O)c2cc(Oc3ccc(CCN)cc3)ccc2F)n1. The summed E-state index contributed by atoms with van der Waals surface area (Å²) in [6.45, 7) is 4.39. The van der Waals surface area contributed by atoms with E-state index in [-0.39, 0.29) is 17.4 Å². The molecule has 0 saturated heterocycles. The summed E-state index contributed by atoms with van der Waals surface area (Å²) in [6.07, 6.45) is 2.20. The number of nitrogens with two attached hydrogens (primary N) is 1. The summed E-state index contributed by atoms with van der Waals surface area (Å²) < 4.78 is 19.9. The largest absolute Gasteiger partial charge is 0.457 e. The monoisotopic (exact) mass is 383 g/mol. The van der Waals surface area contributed by atoms with Gasteiger partial charge in [-0.2, -0.15) is 9.90 Å². The zero-order valence-corrected chi connectivity index (χ0v) is 15.7. The number of nitrogens with one attached hydrogen (secondary N) is 1. The molecule has 0 spiro atoms. The molecule has 1 amide bonds. The highest BCUT2D eigenvalue weighted by Gasteiger charge is 2.15. The molecule has 3 aromatic rings. The minimum absolute atomic E-state index is 0.0513. The number of nitrogens with zero attached hydrogens (tertiary/aromatic N) is 3. The number of anilines is 1. The quantitative estimate of drug-likeness (QED) is 0.651. The van der Waals surface area contributed by atoms with E-state index in [9.17, 15) is 9.18 Å². The number of amides is 1. The molecule has 146 valence electrons. The van der Waals surface area contributed by atoms with Crippen LogP contribution in [-0.2, 0) is 6.42 Å². The Morgan fingerprint density at radius 3 is 2.57 bits per heavy atom. The average Bonchev–Trinajstić information content (AvgIpc) is 3.14. The lowest BCUT2D eigenvalue weighted by atomic mass is 10.1. The molecule has 28 heavy (non-hydrogen) atoms. The van der Waals surface area contributed by atoms with Crippen molar-refractivity contribution in [3.05, 3.63) is 65.6 Å². The van der Waals surface area contributed by atoms with Gasteiger partial charge in [0.25, 0.3) is 5.91 Å². The highest BCUT2D eigenvalue weighted by molar-refractivity contribution is 6.04. The number of carbonyl (C=O) groups excluding carboxylic acids is 1. The average molecular weight is 383 g/mol. The van der Waals surface area contributed by atoms with Crippen LogP contribution in [0.2, 0.25) is 0 Å². The van der Waals surface area contributed by atoms with Crippen LogP contribution in [0.15, 0.2) is 48.7 Å². The third kappa shape index (κ3) is 4.72. The van der Waals surface area contributed by atoms with E-state index in [1.54, 1.807) is 12.1 Å². The smallest absolute Gasteiger partial charge is 0.260 e. The van der Waals surface area contributed by atoms with Gasteiger partial charge in [0.2, 0.25) is 0 Å². The van der Waals surface area contributed by atoms with Crippen LogP contribution < -0.4 is 15.8 Å². The second-order valence-corrected chi connectivity index (χ2v) is 6.52. The molecule has 7 nitrogen and oxygen atoms in total. The van der Waals surface area contributed by atoms with Crippen LogP contribution in [0.3, 0.4) is 0 Å². The molecule has 0 radical (unpaired) electrons. The predicted molar refractivity (Wildman–Crippen MR) is 104 cm³/mol. The Labute approximate surface area is 162 Å². The summed E-state index contributed by atoms with van der Waals surface area (Å²) in [7, 11) is 0. The number of benzene rings is 2. The molecule has 0 aliphatic rings. The van der Waals surface area contributed by atoms with Gasteiger partial charge in [-0.1, -0.05) is 12.1 Å². The van der Waals surface area contributed by atoms with Crippen molar-refractivity contribution in [1.82, 2.24) is 15.0 Å². The van der Waals surface area contributed by atoms with Gasteiger partial charge >= 0.3 is 0 Å². The molecule has 0 aliphatic carbocycles. The maximum absolute atomic E-state index is 14.2. The molecule has 0 fully saturated rings. The van der Waals surface area contributed by atoms with Crippen molar-refractivity contribution in [3.63, 3.8) is 0 Å². The summed E-state index contributed by atoms with van der Waals surface area (Å²) in [5.41, 5.74) is 6.50. The van der Waals surface area contributed by atoms with Crippen molar-refractivity contribution in [3.8, 4) is 11.5 Å². The molecule has 1 aromatic heterocycles. The van der Waals surface area contributed by atoms with Crippen LogP contribution in [0.4, 0.5) is 10.2 Å². The van der Waals surface area contributed by atoms with Gasteiger partial charge in [0.15, 0.2) is 5.82 Å². The fourth-order valence-electron chi connectivity index (χ4n) is 2.53. The Morgan fingerprint density at radius 2 is 1.93 bits per heavy atom. The lowest BCUT2D eigenvalue weighted by molar-refractivity contribution is 0.102. The Bertz CT molecular complexity index is 953. The van der Waals surface area contributed by atoms with E-state index >= 15 is 0 Å². The molecule has 0 unspecified atom stereocenters. The standard InChI is InChI=1S/C20H22FN5O2/c1-13(2)26-23-12-19(25-26)24-20(27)17-11-16(7-8-18(17)21)28-15-5-3-14(4-6-15)9-10-22/h3-8,11-13H,9-10,22H2,1-2H3,(H,24,25,27). The van der Waals surface area contributed by atoms with Crippen LogP contribution in [0.5, 0.6) is 11.5 Å². The third-order valence-electron chi connectivity index (χ3n) is 3.99. The summed E-state index contributed by atoms with van der Waals surface area (Å²) >= 11 is 0. The highest BCUT2D eigenvalue weighted by atomic mass is 19.1. The molecule has 3 N–H and O–H groups in total. The second-order valence-electron chi connectivity index (χ2n) is 6.52. The van der Waals surface area contributed by atoms with Crippen molar-refractivity contribution in [2.24, 2.45) is 5.73 Å². The topological polar surface area (TPSA) is 95.1 Å². The van der Waals surface area contributed by atoms with Crippen LogP contribution in [0, 0.1) is 5.82 Å². The Morgan fingerprint density at radius 1 is 1.21 bits per heavy atom. The number of hydrogen-bond acceptors (Lipinski definition) is 5. The van der Waals surface area contributed by atoms with Crippen LogP contribution in [0.1, 0.15) is 35.8 Å². The molecule has 3 rings (SSSR count). The van der Waals surface area contributed by atoms with Gasteiger partial charge in [-0.25, -0.2) is 4.39 Å². The second kappa shape index (κ2) is 8.62. The molecule has 0 aliphatic heterocycles. The number of aromatic nitrogens is 3. The van der Waals surface area contributed by atoms with Crippen molar-refractivity contribution >= 4 is 11.7 Å².